The first-order valence-electron chi connectivity index (χ1n) is 5.61. The third-order valence-electron chi connectivity index (χ3n) is 2.50. The Balaban J connectivity index is 2.02. The van der Waals surface area contributed by atoms with Crippen LogP contribution in [-0.2, 0) is 11.3 Å². The van der Waals surface area contributed by atoms with Crippen LogP contribution in [0.5, 0.6) is 5.75 Å². The van der Waals surface area contributed by atoms with Gasteiger partial charge >= 0.3 is 5.97 Å². The lowest BCUT2D eigenvalue weighted by molar-refractivity contribution is 0.0442. The van der Waals surface area contributed by atoms with Gasteiger partial charge in [-0.25, -0.2) is 4.79 Å². The zero-order valence-electron chi connectivity index (χ0n) is 10.3. The van der Waals surface area contributed by atoms with Crippen LogP contribution >= 0.6 is 0 Å². The van der Waals surface area contributed by atoms with Gasteiger partial charge in [0.15, 0.2) is 5.75 Å². The van der Waals surface area contributed by atoms with Crippen LogP contribution in [0.3, 0.4) is 0 Å². The Bertz CT molecular complexity index is 640. The van der Waals surface area contributed by atoms with Gasteiger partial charge in [0.05, 0.1) is 5.56 Å². The second kappa shape index (κ2) is 5.39. The minimum Gasteiger partial charge on any atom is -0.502 e. The fraction of sp³-hybridized carbons (Fsp3) is 0.143. The van der Waals surface area contributed by atoms with Crippen LogP contribution < -0.4 is 5.43 Å². The molecule has 0 atom stereocenters. The molecule has 1 N–H and O–H groups in total. The molecular weight excluding hydrogens is 248 g/mol. The molecule has 0 saturated heterocycles. The summed E-state index contributed by atoms with van der Waals surface area (Å²) in [5.41, 5.74) is 0.889. The van der Waals surface area contributed by atoms with Gasteiger partial charge < -0.3 is 14.3 Å². The van der Waals surface area contributed by atoms with Gasteiger partial charge in [0.1, 0.15) is 18.6 Å². The summed E-state index contributed by atoms with van der Waals surface area (Å²) >= 11 is 0. The van der Waals surface area contributed by atoms with E-state index in [2.05, 4.69) is 0 Å². The second-order valence-electron chi connectivity index (χ2n) is 4.04. The predicted molar refractivity (Wildman–Crippen MR) is 66.9 cm³/mol. The number of ether oxygens (including phenoxy) is 1. The lowest BCUT2D eigenvalue weighted by Crippen LogP contribution is -2.07. The van der Waals surface area contributed by atoms with Gasteiger partial charge in [-0.2, -0.15) is 0 Å². The molecule has 19 heavy (non-hydrogen) atoms. The van der Waals surface area contributed by atoms with Crippen molar-refractivity contribution in [2.45, 2.75) is 13.5 Å². The highest BCUT2D eigenvalue weighted by Crippen LogP contribution is 2.08. The van der Waals surface area contributed by atoms with Crippen LogP contribution in [-0.4, -0.2) is 11.1 Å². The fourth-order valence-corrected chi connectivity index (χ4v) is 1.43. The molecule has 0 aliphatic heterocycles. The van der Waals surface area contributed by atoms with Crippen molar-refractivity contribution in [3.05, 3.63) is 63.7 Å². The molecule has 1 heterocycles. The predicted octanol–water partition coefficient (Wildman–Crippen LogP) is 2.01. The standard InChI is InChI=1S/C14H12O5/c1-9-2-4-10(5-3-9)14(17)19-7-11-6-12(15)13(16)8-18-11/h2-6,8,16H,7H2,1H3. The number of esters is 1. The molecule has 0 radical (unpaired) electrons. The third-order valence-corrected chi connectivity index (χ3v) is 2.50. The lowest BCUT2D eigenvalue weighted by Gasteiger charge is -2.04. The van der Waals surface area contributed by atoms with Crippen molar-refractivity contribution >= 4 is 5.97 Å². The average Bonchev–Trinajstić information content (AvgIpc) is 2.40. The number of aromatic hydroxyl groups is 1. The van der Waals surface area contributed by atoms with E-state index in [-0.39, 0.29) is 12.4 Å². The van der Waals surface area contributed by atoms with Crippen molar-refractivity contribution in [2.75, 3.05) is 0 Å². The summed E-state index contributed by atoms with van der Waals surface area (Å²) in [4.78, 5) is 22.8. The van der Waals surface area contributed by atoms with Crippen LogP contribution in [0.15, 0.2) is 45.8 Å². The van der Waals surface area contributed by atoms with Crippen molar-refractivity contribution in [3.63, 3.8) is 0 Å². The monoisotopic (exact) mass is 260 g/mol. The SMILES string of the molecule is Cc1ccc(C(=O)OCc2cc(=O)c(O)co2)cc1. The minimum absolute atomic E-state index is 0.164. The summed E-state index contributed by atoms with van der Waals surface area (Å²) in [6.45, 7) is 1.75. The summed E-state index contributed by atoms with van der Waals surface area (Å²) < 4.78 is 9.91. The number of rotatable bonds is 3. The van der Waals surface area contributed by atoms with Gasteiger partial charge in [0.2, 0.25) is 5.43 Å². The molecule has 98 valence electrons. The third kappa shape index (κ3) is 3.22. The molecule has 5 heteroatoms. The maximum atomic E-state index is 11.7. The van der Waals surface area contributed by atoms with E-state index < -0.39 is 17.1 Å². The molecule has 0 aliphatic carbocycles. The second-order valence-corrected chi connectivity index (χ2v) is 4.04. The quantitative estimate of drug-likeness (QED) is 0.854. The molecule has 1 aromatic carbocycles. The highest BCUT2D eigenvalue weighted by Gasteiger charge is 2.08. The fourth-order valence-electron chi connectivity index (χ4n) is 1.43. The maximum absolute atomic E-state index is 11.7. The van der Waals surface area contributed by atoms with E-state index in [0.717, 1.165) is 17.9 Å². The summed E-state index contributed by atoms with van der Waals surface area (Å²) in [6.07, 6.45) is 0.914. The Morgan fingerprint density at radius 1 is 1.32 bits per heavy atom. The van der Waals surface area contributed by atoms with Crippen LogP contribution in [0.4, 0.5) is 0 Å². The van der Waals surface area contributed by atoms with Crippen molar-refractivity contribution in [1.82, 2.24) is 0 Å². The number of aryl methyl sites for hydroxylation is 1. The average molecular weight is 260 g/mol. The molecule has 1 aromatic heterocycles. The number of carbonyl (C=O) groups is 1. The van der Waals surface area contributed by atoms with E-state index >= 15 is 0 Å². The Morgan fingerprint density at radius 3 is 2.63 bits per heavy atom. The van der Waals surface area contributed by atoms with Crippen LogP contribution in [0, 0.1) is 6.92 Å². The minimum atomic E-state index is -0.576. The number of hydrogen-bond acceptors (Lipinski definition) is 5. The van der Waals surface area contributed by atoms with Crippen molar-refractivity contribution in [2.24, 2.45) is 0 Å². The van der Waals surface area contributed by atoms with Crippen molar-refractivity contribution in [1.29, 1.82) is 0 Å². The molecule has 0 saturated carbocycles. The van der Waals surface area contributed by atoms with E-state index in [1.165, 1.54) is 0 Å². The zero-order valence-corrected chi connectivity index (χ0v) is 10.3. The van der Waals surface area contributed by atoms with Gasteiger partial charge in [-0.3, -0.25) is 4.79 Å². The first kappa shape index (κ1) is 12.9. The van der Waals surface area contributed by atoms with Crippen LogP contribution in [0.2, 0.25) is 0 Å². The molecule has 0 bridgehead atoms. The maximum Gasteiger partial charge on any atom is 0.338 e. The van der Waals surface area contributed by atoms with Gasteiger partial charge in [0.25, 0.3) is 0 Å². The first-order valence-corrected chi connectivity index (χ1v) is 5.61. The van der Waals surface area contributed by atoms with Gasteiger partial charge in [0, 0.05) is 6.07 Å². The number of benzene rings is 1. The van der Waals surface area contributed by atoms with E-state index in [4.69, 9.17) is 14.3 Å². The molecule has 2 rings (SSSR count). The molecule has 0 unspecified atom stereocenters. The summed E-state index contributed by atoms with van der Waals surface area (Å²) in [7, 11) is 0. The molecule has 5 nitrogen and oxygen atoms in total. The summed E-state index contributed by atoms with van der Waals surface area (Å²) in [5.74, 6) is -0.812. The first-order chi connectivity index (χ1) is 9.06. The molecular formula is C14H12O5. The Morgan fingerprint density at radius 2 is 2.00 bits per heavy atom. The molecule has 0 spiro atoms. The van der Waals surface area contributed by atoms with Gasteiger partial charge in [-0.15, -0.1) is 0 Å². The van der Waals surface area contributed by atoms with Crippen molar-refractivity contribution < 1.29 is 19.1 Å². The normalized spacial score (nSPS) is 10.2. The van der Waals surface area contributed by atoms with Crippen molar-refractivity contribution in [3.8, 4) is 5.75 Å². The van der Waals surface area contributed by atoms with Crippen LogP contribution in [0.1, 0.15) is 21.7 Å². The van der Waals surface area contributed by atoms with E-state index in [9.17, 15) is 9.59 Å². The number of hydrogen-bond donors (Lipinski definition) is 1. The van der Waals surface area contributed by atoms with Crippen LogP contribution in [0.25, 0.3) is 0 Å². The zero-order chi connectivity index (χ0) is 13.8. The van der Waals surface area contributed by atoms with E-state index in [1.54, 1.807) is 24.3 Å². The molecule has 0 amide bonds. The lowest BCUT2D eigenvalue weighted by atomic mass is 10.1. The Kier molecular flexibility index (Phi) is 3.66. The van der Waals surface area contributed by atoms with Gasteiger partial charge in [-0.1, -0.05) is 17.7 Å². The topological polar surface area (TPSA) is 76.7 Å². The summed E-state index contributed by atoms with van der Waals surface area (Å²) in [5, 5.41) is 9.01. The molecule has 2 aromatic rings. The van der Waals surface area contributed by atoms with E-state index in [1.807, 2.05) is 6.92 Å². The molecule has 0 fully saturated rings. The highest BCUT2D eigenvalue weighted by molar-refractivity contribution is 5.89. The Labute approximate surface area is 109 Å². The smallest absolute Gasteiger partial charge is 0.338 e. The summed E-state index contributed by atoms with van der Waals surface area (Å²) in [6, 6.07) is 8.00. The van der Waals surface area contributed by atoms with E-state index in [0.29, 0.717) is 5.56 Å². The largest absolute Gasteiger partial charge is 0.502 e. The Hall–Kier alpha value is -2.56. The number of carbonyl (C=O) groups excluding carboxylic acids is 1. The van der Waals surface area contributed by atoms with Gasteiger partial charge in [-0.05, 0) is 19.1 Å². The molecule has 0 aliphatic rings. The highest BCUT2D eigenvalue weighted by atomic mass is 16.5.